The molecule has 0 aliphatic carbocycles. The lowest BCUT2D eigenvalue weighted by atomic mass is 10.1. The molecule has 0 fully saturated rings. The number of halogens is 3. The fourth-order valence-electron chi connectivity index (χ4n) is 1.40. The van der Waals surface area contributed by atoms with Crippen molar-refractivity contribution in [3.8, 4) is 0 Å². The van der Waals surface area contributed by atoms with Crippen molar-refractivity contribution < 1.29 is 8.78 Å². The molecule has 0 aliphatic rings. The lowest BCUT2D eigenvalue weighted by Gasteiger charge is -2.21. The average molecular weight is 279 g/mol. The predicted octanol–water partition coefficient (Wildman–Crippen LogP) is 2.61. The van der Waals surface area contributed by atoms with Crippen LogP contribution in [0.25, 0.3) is 0 Å². The highest BCUT2D eigenvalue weighted by atomic mass is 79.9. The van der Waals surface area contributed by atoms with Crippen LogP contribution in [0.5, 0.6) is 0 Å². The van der Waals surface area contributed by atoms with Gasteiger partial charge in [-0.25, -0.2) is 8.78 Å². The Balaban J connectivity index is 2.92. The zero-order valence-electron chi connectivity index (χ0n) is 8.38. The summed E-state index contributed by atoms with van der Waals surface area (Å²) >= 11 is 3.31. The monoisotopic (exact) mass is 278 g/mol. The molecule has 1 aromatic rings. The van der Waals surface area contributed by atoms with Gasteiger partial charge >= 0.3 is 0 Å². The molecule has 0 heterocycles. The first-order chi connectivity index (χ1) is 7.04. The summed E-state index contributed by atoms with van der Waals surface area (Å²) in [6, 6.07) is 5.45. The van der Waals surface area contributed by atoms with Crippen LogP contribution in [0.3, 0.4) is 0 Å². The molecule has 2 nitrogen and oxygen atoms in total. The molecule has 5 heteroatoms. The van der Waals surface area contributed by atoms with Crippen molar-refractivity contribution in [1.29, 1.82) is 0 Å². The van der Waals surface area contributed by atoms with Crippen LogP contribution in [0.15, 0.2) is 22.7 Å². The summed E-state index contributed by atoms with van der Waals surface area (Å²) in [6.07, 6.45) is -2.34. The van der Waals surface area contributed by atoms with Crippen LogP contribution in [0.1, 0.15) is 5.56 Å². The number of nitrogens with zero attached hydrogens (tertiary/aromatic N) is 1. The van der Waals surface area contributed by atoms with Crippen molar-refractivity contribution in [1.82, 2.24) is 0 Å². The van der Waals surface area contributed by atoms with E-state index in [9.17, 15) is 8.78 Å². The van der Waals surface area contributed by atoms with Crippen LogP contribution in [0, 0.1) is 0 Å². The van der Waals surface area contributed by atoms with E-state index in [2.05, 4.69) is 15.9 Å². The Kier molecular flexibility index (Phi) is 4.47. The highest BCUT2D eigenvalue weighted by Crippen LogP contribution is 2.23. The molecule has 15 heavy (non-hydrogen) atoms. The number of hydrogen-bond acceptors (Lipinski definition) is 2. The molecule has 0 saturated heterocycles. The number of rotatable bonds is 4. The third-order valence-electron chi connectivity index (χ3n) is 2.08. The van der Waals surface area contributed by atoms with E-state index >= 15 is 0 Å². The summed E-state index contributed by atoms with van der Waals surface area (Å²) in [6.45, 7) is 0.0526. The van der Waals surface area contributed by atoms with E-state index in [1.54, 1.807) is 13.1 Å². The molecule has 1 aromatic carbocycles. The van der Waals surface area contributed by atoms with Crippen LogP contribution in [-0.2, 0) is 6.54 Å². The molecule has 0 unspecified atom stereocenters. The molecule has 0 atom stereocenters. The zero-order valence-corrected chi connectivity index (χ0v) is 9.97. The first kappa shape index (κ1) is 12.4. The average Bonchev–Trinajstić information content (AvgIpc) is 2.16. The van der Waals surface area contributed by atoms with E-state index in [0.717, 1.165) is 15.7 Å². The van der Waals surface area contributed by atoms with Crippen molar-refractivity contribution >= 4 is 21.6 Å². The van der Waals surface area contributed by atoms with Crippen molar-refractivity contribution in [3.63, 3.8) is 0 Å². The van der Waals surface area contributed by atoms with E-state index in [1.807, 2.05) is 12.1 Å². The highest BCUT2D eigenvalue weighted by molar-refractivity contribution is 9.10. The molecule has 0 saturated carbocycles. The van der Waals surface area contributed by atoms with Gasteiger partial charge in [-0.15, -0.1) is 0 Å². The van der Waals surface area contributed by atoms with Gasteiger partial charge in [0.1, 0.15) is 0 Å². The topological polar surface area (TPSA) is 29.3 Å². The molecular formula is C10H13BrF2N2. The molecule has 84 valence electrons. The third-order valence-corrected chi connectivity index (χ3v) is 2.58. The molecule has 0 aliphatic heterocycles. The summed E-state index contributed by atoms with van der Waals surface area (Å²) < 4.78 is 25.3. The molecule has 0 spiro atoms. The number of alkyl halides is 2. The zero-order chi connectivity index (χ0) is 11.4. The Morgan fingerprint density at radius 2 is 2.13 bits per heavy atom. The van der Waals surface area contributed by atoms with E-state index in [4.69, 9.17) is 5.73 Å². The van der Waals surface area contributed by atoms with Gasteiger partial charge in [-0.3, -0.25) is 0 Å². The van der Waals surface area contributed by atoms with Crippen LogP contribution in [0.4, 0.5) is 14.5 Å². The summed E-state index contributed by atoms with van der Waals surface area (Å²) in [5.74, 6) is 0. The minimum atomic E-state index is -2.34. The molecule has 1 rings (SSSR count). The SMILES string of the molecule is CN(CC(F)F)c1ccc(Br)cc1CN. The van der Waals surface area contributed by atoms with Crippen molar-refractivity contribution in [3.05, 3.63) is 28.2 Å². The van der Waals surface area contributed by atoms with Crippen molar-refractivity contribution in [2.24, 2.45) is 5.73 Å². The standard InChI is InChI=1S/C10H13BrF2N2/c1-15(6-10(12)13)9-3-2-8(11)4-7(9)5-14/h2-4,10H,5-6,14H2,1H3. The first-order valence-corrected chi connectivity index (χ1v) is 5.31. The molecule has 2 N–H and O–H groups in total. The minimum absolute atomic E-state index is 0.283. The Morgan fingerprint density at radius 1 is 1.47 bits per heavy atom. The molecule has 0 radical (unpaired) electrons. The minimum Gasteiger partial charge on any atom is -0.369 e. The highest BCUT2D eigenvalue weighted by Gasteiger charge is 2.11. The van der Waals surface area contributed by atoms with Crippen LogP contribution >= 0.6 is 15.9 Å². The predicted molar refractivity (Wildman–Crippen MR) is 61.3 cm³/mol. The second kappa shape index (κ2) is 5.42. The fraction of sp³-hybridized carbons (Fsp3) is 0.400. The third kappa shape index (κ3) is 3.43. The maximum atomic E-state index is 12.2. The van der Waals surface area contributed by atoms with Gasteiger partial charge in [0.05, 0.1) is 6.54 Å². The lowest BCUT2D eigenvalue weighted by molar-refractivity contribution is 0.156. The van der Waals surface area contributed by atoms with Gasteiger partial charge in [-0.1, -0.05) is 15.9 Å². The summed E-state index contributed by atoms with van der Waals surface area (Å²) in [7, 11) is 1.63. The Labute approximate surface area is 96.2 Å². The molecule has 0 bridgehead atoms. The Hall–Kier alpha value is -0.680. The van der Waals surface area contributed by atoms with Gasteiger partial charge in [-0.05, 0) is 23.8 Å². The van der Waals surface area contributed by atoms with Crippen LogP contribution < -0.4 is 10.6 Å². The Morgan fingerprint density at radius 3 is 2.67 bits per heavy atom. The smallest absolute Gasteiger partial charge is 0.255 e. The lowest BCUT2D eigenvalue weighted by Crippen LogP contribution is -2.25. The molecule has 0 amide bonds. The molecular weight excluding hydrogens is 266 g/mol. The summed E-state index contributed by atoms with van der Waals surface area (Å²) in [4.78, 5) is 1.51. The van der Waals surface area contributed by atoms with E-state index < -0.39 is 6.43 Å². The van der Waals surface area contributed by atoms with E-state index in [1.165, 1.54) is 4.90 Å². The number of hydrogen-bond donors (Lipinski definition) is 1. The second-order valence-corrected chi connectivity index (χ2v) is 4.16. The van der Waals surface area contributed by atoms with Gasteiger partial charge in [0.15, 0.2) is 0 Å². The maximum absolute atomic E-state index is 12.2. The normalized spacial score (nSPS) is 10.8. The van der Waals surface area contributed by atoms with Gasteiger partial charge in [0, 0.05) is 23.8 Å². The number of benzene rings is 1. The maximum Gasteiger partial charge on any atom is 0.255 e. The fourth-order valence-corrected chi connectivity index (χ4v) is 1.80. The van der Waals surface area contributed by atoms with E-state index in [0.29, 0.717) is 6.54 Å². The van der Waals surface area contributed by atoms with Gasteiger partial charge in [0.25, 0.3) is 6.43 Å². The summed E-state index contributed by atoms with van der Waals surface area (Å²) in [5, 5.41) is 0. The number of anilines is 1. The Bertz CT molecular complexity index is 331. The number of nitrogens with two attached hydrogens (primary N) is 1. The van der Waals surface area contributed by atoms with Gasteiger partial charge < -0.3 is 10.6 Å². The van der Waals surface area contributed by atoms with Gasteiger partial charge in [-0.2, -0.15) is 0 Å². The first-order valence-electron chi connectivity index (χ1n) is 4.52. The van der Waals surface area contributed by atoms with Crippen LogP contribution in [-0.4, -0.2) is 20.0 Å². The quantitative estimate of drug-likeness (QED) is 0.918. The molecule has 0 aromatic heterocycles. The van der Waals surface area contributed by atoms with E-state index in [-0.39, 0.29) is 6.54 Å². The van der Waals surface area contributed by atoms with Crippen molar-refractivity contribution in [2.45, 2.75) is 13.0 Å². The van der Waals surface area contributed by atoms with Crippen molar-refractivity contribution in [2.75, 3.05) is 18.5 Å². The summed E-state index contributed by atoms with van der Waals surface area (Å²) in [5.41, 5.74) is 7.16. The largest absolute Gasteiger partial charge is 0.369 e. The van der Waals surface area contributed by atoms with Gasteiger partial charge in [0.2, 0.25) is 0 Å². The second-order valence-electron chi connectivity index (χ2n) is 3.25. The van der Waals surface area contributed by atoms with Crippen LogP contribution in [0.2, 0.25) is 0 Å².